The third-order valence-corrected chi connectivity index (χ3v) is 5.07. The maximum absolute atomic E-state index is 13.2. The van der Waals surface area contributed by atoms with Crippen molar-refractivity contribution in [1.82, 2.24) is 16.0 Å². The summed E-state index contributed by atoms with van der Waals surface area (Å²) in [5.41, 5.74) is 7.05. The van der Waals surface area contributed by atoms with Crippen molar-refractivity contribution in [2.45, 2.75) is 50.9 Å². The lowest BCUT2D eigenvalue weighted by atomic mass is 10.0. The van der Waals surface area contributed by atoms with Crippen molar-refractivity contribution in [3.8, 4) is 5.75 Å². The van der Waals surface area contributed by atoms with Gasteiger partial charge in [0.05, 0.1) is 6.04 Å². The van der Waals surface area contributed by atoms with Crippen molar-refractivity contribution in [1.29, 1.82) is 0 Å². The Kier molecular flexibility index (Phi) is 9.57. The molecule has 0 bridgehead atoms. The van der Waals surface area contributed by atoms with E-state index in [0.29, 0.717) is 5.56 Å². The number of amides is 3. The van der Waals surface area contributed by atoms with Crippen molar-refractivity contribution in [2.75, 3.05) is 0 Å². The highest BCUT2D eigenvalue weighted by atomic mass is 16.4. The molecule has 0 aromatic heterocycles. The first-order chi connectivity index (χ1) is 16.1. The van der Waals surface area contributed by atoms with Crippen LogP contribution in [0.3, 0.4) is 0 Å². The lowest BCUT2D eigenvalue weighted by Gasteiger charge is -2.24. The fourth-order valence-electron chi connectivity index (χ4n) is 3.09. The number of rotatable bonds is 11. The highest BCUT2D eigenvalue weighted by molar-refractivity contribution is 5.94. The first-order valence-electron chi connectivity index (χ1n) is 10.8. The molecule has 3 amide bonds. The number of phenols is 1. The minimum Gasteiger partial charge on any atom is -0.508 e. The molecule has 0 spiro atoms. The van der Waals surface area contributed by atoms with Gasteiger partial charge in [0.1, 0.15) is 23.9 Å². The van der Waals surface area contributed by atoms with Crippen molar-refractivity contribution in [3.05, 3.63) is 65.7 Å². The highest BCUT2D eigenvalue weighted by Crippen LogP contribution is 2.12. The van der Waals surface area contributed by atoms with Crippen molar-refractivity contribution in [3.63, 3.8) is 0 Å². The SMILES string of the molecule is CC(N)C(=O)NC(Cc1ccc(O)cc1)C(=O)NC(Cc1ccccc1)C(=O)NC(C)C(=O)O. The monoisotopic (exact) mass is 470 g/mol. The fraction of sp³-hybridized carbons (Fsp3) is 0.333. The van der Waals surface area contributed by atoms with E-state index < -0.39 is 47.9 Å². The van der Waals surface area contributed by atoms with Gasteiger partial charge in [0.25, 0.3) is 0 Å². The normalized spacial score (nSPS) is 14.2. The summed E-state index contributed by atoms with van der Waals surface area (Å²) < 4.78 is 0. The number of carboxylic acid groups (broad SMARTS) is 1. The van der Waals surface area contributed by atoms with E-state index >= 15 is 0 Å². The summed E-state index contributed by atoms with van der Waals surface area (Å²) in [5, 5.41) is 26.2. The van der Waals surface area contributed by atoms with E-state index in [0.717, 1.165) is 5.56 Å². The van der Waals surface area contributed by atoms with Gasteiger partial charge >= 0.3 is 5.97 Å². The van der Waals surface area contributed by atoms with Crippen LogP contribution in [0.2, 0.25) is 0 Å². The average molecular weight is 471 g/mol. The number of carboxylic acids is 1. The molecule has 34 heavy (non-hydrogen) atoms. The van der Waals surface area contributed by atoms with Crippen LogP contribution in [0.1, 0.15) is 25.0 Å². The molecule has 2 aromatic carbocycles. The predicted molar refractivity (Wildman–Crippen MR) is 125 cm³/mol. The van der Waals surface area contributed by atoms with E-state index in [9.17, 15) is 24.3 Å². The minimum absolute atomic E-state index is 0.0523. The van der Waals surface area contributed by atoms with Crippen molar-refractivity contribution >= 4 is 23.7 Å². The summed E-state index contributed by atoms with van der Waals surface area (Å²) in [7, 11) is 0. The Morgan fingerprint density at radius 2 is 1.24 bits per heavy atom. The number of aromatic hydroxyl groups is 1. The second-order valence-electron chi connectivity index (χ2n) is 8.04. The first-order valence-corrected chi connectivity index (χ1v) is 10.8. The zero-order valence-electron chi connectivity index (χ0n) is 19.0. The van der Waals surface area contributed by atoms with E-state index in [4.69, 9.17) is 10.8 Å². The molecule has 0 aliphatic rings. The molecule has 0 fully saturated rings. The summed E-state index contributed by atoms with van der Waals surface area (Å²) in [6.07, 6.45) is 0.188. The Morgan fingerprint density at radius 1 is 0.765 bits per heavy atom. The molecule has 182 valence electrons. The summed E-state index contributed by atoms with van der Waals surface area (Å²) in [4.78, 5) is 49.4. The molecule has 0 aliphatic heterocycles. The molecule has 10 heteroatoms. The Bertz CT molecular complexity index is 994. The van der Waals surface area contributed by atoms with Gasteiger partial charge in [0, 0.05) is 12.8 Å². The van der Waals surface area contributed by atoms with E-state index in [1.165, 1.54) is 26.0 Å². The summed E-state index contributed by atoms with van der Waals surface area (Å²) in [5.74, 6) is -3.03. The van der Waals surface area contributed by atoms with Gasteiger partial charge in [-0.3, -0.25) is 19.2 Å². The van der Waals surface area contributed by atoms with Gasteiger partial charge in [0.2, 0.25) is 17.7 Å². The summed E-state index contributed by atoms with van der Waals surface area (Å²) in [6, 6.07) is 10.9. The van der Waals surface area contributed by atoms with Gasteiger partial charge < -0.3 is 31.9 Å². The molecular formula is C24H30N4O6. The molecule has 0 aliphatic carbocycles. The fourth-order valence-corrected chi connectivity index (χ4v) is 3.09. The topological polar surface area (TPSA) is 171 Å². The van der Waals surface area contributed by atoms with E-state index in [2.05, 4.69) is 16.0 Å². The maximum Gasteiger partial charge on any atom is 0.325 e. The number of aliphatic carboxylic acids is 1. The number of benzene rings is 2. The lowest BCUT2D eigenvalue weighted by Crippen LogP contribution is -2.57. The van der Waals surface area contributed by atoms with Gasteiger partial charge in [-0.25, -0.2) is 0 Å². The zero-order valence-corrected chi connectivity index (χ0v) is 19.0. The molecule has 10 nitrogen and oxygen atoms in total. The molecule has 0 heterocycles. The summed E-state index contributed by atoms with van der Waals surface area (Å²) >= 11 is 0. The Balaban J connectivity index is 2.25. The minimum atomic E-state index is -1.22. The molecule has 4 atom stereocenters. The number of hydrogen-bond acceptors (Lipinski definition) is 6. The average Bonchev–Trinajstić information content (AvgIpc) is 2.79. The lowest BCUT2D eigenvalue weighted by molar-refractivity contribution is -0.141. The summed E-state index contributed by atoms with van der Waals surface area (Å²) in [6.45, 7) is 2.79. The standard InChI is InChI=1S/C24H30N4O6/c1-14(25)21(30)27-20(13-17-8-10-18(29)11-9-17)23(32)28-19(12-16-6-4-3-5-7-16)22(31)26-15(2)24(33)34/h3-11,14-15,19-20,29H,12-13,25H2,1-2H3,(H,26,31)(H,27,30)(H,28,32)(H,33,34). The molecule has 0 saturated carbocycles. The Morgan fingerprint density at radius 3 is 1.74 bits per heavy atom. The van der Waals surface area contributed by atoms with Crippen LogP contribution in [0.5, 0.6) is 5.75 Å². The highest BCUT2D eigenvalue weighted by Gasteiger charge is 2.29. The van der Waals surface area contributed by atoms with Gasteiger partial charge in [-0.05, 0) is 37.1 Å². The molecule has 0 saturated heterocycles. The van der Waals surface area contributed by atoms with Crippen LogP contribution in [0, 0.1) is 0 Å². The molecule has 2 aromatic rings. The van der Waals surface area contributed by atoms with Gasteiger partial charge in [-0.1, -0.05) is 42.5 Å². The number of carbonyl (C=O) groups is 4. The van der Waals surface area contributed by atoms with E-state index in [1.54, 1.807) is 42.5 Å². The maximum atomic E-state index is 13.2. The first kappa shape index (κ1) is 26.3. The van der Waals surface area contributed by atoms with Crippen LogP contribution in [0.15, 0.2) is 54.6 Å². The quantitative estimate of drug-likeness (QED) is 0.270. The van der Waals surface area contributed by atoms with Crippen LogP contribution in [0.25, 0.3) is 0 Å². The second-order valence-corrected chi connectivity index (χ2v) is 8.04. The van der Waals surface area contributed by atoms with Crippen LogP contribution in [-0.4, -0.2) is 58.1 Å². The number of carbonyl (C=O) groups excluding carboxylic acids is 3. The second kappa shape index (κ2) is 12.4. The van der Waals surface area contributed by atoms with Crippen LogP contribution in [0.4, 0.5) is 0 Å². The molecule has 7 N–H and O–H groups in total. The van der Waals surface area contributed by atoms with Crippen molar-refractivity contribution < 1.29 is 29.4 Å². The van der Waals surface area contributed by atoms with Crippen LogP contribution >= 0.6 is 0 Å². The molecule has 2 rings (SSSR count). The molecular weight excluding hydrogens is 440 g/mol. The third-order valence-electron chi connectivity index (χ3n) is 5.07. The molecule has 0 radical (unpaired) electrons. The van der Waals surface area contributed by atoms with E-state index in [-0.39, 0.29) is 18.6 Å². The van der Waals surface area contributed by atoms with Gasteiger partial charge in [0.15, 0.2) is 0 Å². The number of nitrogens with one attached hydrogen (secondary N) is 3. The van der Waals surface area contributed by atoms with E-state index in [1.807, 2.05) is 0 Å². The third kappa shape index (κ3) is 8.21. The zero-order chi connectivity index (χ0) is 25.3. The number of phenolic OH excluding ortho intramolecular Hbond substituents is 1. The van der Waals surface area contributed by atoms with Gasteiger partial charge in [-0.2, -0.15) is 0 Å². The number of nitrogens with two attached hydrogens (primary N) is 1. The van der Waals surface area contributed by atoms with Crippen molar-refractivity contribution in [2.24, 2.45) is 5.73 Å². The Hall–Kier alpha value is -3.92. The predicted octanol–water partition coefficient (Wildman–Crippen LogP) is 0.0835. The van der Waals surface area contributed by atoms with Crippen LogP contribution < -0.4 is 21.7 Å². The van der Waals surface area contributed by atoms with Crippen LogP contribution in [-0.2, 0) is 32.0 Å². The molecule has 4 unspecified atom stereocenters. The Labute approximate surface area is 197 Å². The number of hydrogen-bond donors (Lipinski definition) is 6. The largest absolute Gasteiger partial charge is 0.508 e. The smallest absolute Gasteiger partial charge is 0.325 e. The van der Waals surface area contributed by atoms with Gasteiger partial charge in [-0.15, -0.1) is 0 Å².